The molecule has 92 valence electrons. The van der Waals surface area contributed by atoms with Crippen LogP contribution in [0.4, 0.5) is 4.39 Å². The predicted octanol–water partition coefficient (Wildman–Crippen LogP) is 0.322. The van der Waals surface area contributed by atoms with E-state index in [9.17, 15) is 12.8 Å². The highest BCUT2D eigenvalue weighted by atomic mass is 32.2. The topological polar surface area (TPSA) is 58.2 Å². The summed E-state index contributed by atoms with van der Waals surface area (Å²) in [6, 6.07) is 4.93. The van der Waals surface area contributed by atoms with Gasteiger partial charge in [0.05, 0.1) is 4.90 Å². The van der Waals surface area contributed by atoms with Crippen LogP contribution in [-0.4, -0.2) is 27.5 Å². The first-order chi connectivity index (χ1) is 8.08. The van der Waals surface area contributed by atoms with E-state index in [1.54, 1.807) is 0 Å². The molecule has 0 aromatic heterocycles. The van der Waals surface area contributed by atoms with E-state index in [4.69, 9.17) is 0 Å². The van der Waals surface area contributed by atoms with Crippen molar-refractivity contribution in [3.63, 3.8) is 0 Å². The molecule has 4 nitrogen and oxygen atoms in total. The molecule has 1 heterocycles. The van der Waals surface area contributed by atoms with Crippen LogP contribution < -0.4 is 10.0 Å². The van der Waals surface area contributed by atoms with Gasteiger partial charge in [-0.05, 0) is 49.2 Å². The summed E-state index contributed by atoms with van der Waals surface area (Å²) >= 11 is 0. The van der Waals surface area contributed by atoms with Gasteiger partial charge < -0.3 is 5.32 Å². The maximum atomic E-state index is 12.7. The van der Waals surface area contributed by atoms with Crippen molar-refractivity contribution in [3.05, 3.63) is 30.1 Å². The highest BCUT2D eigenvalue weighted by Crippen LogP contribution is 2.42. The van der Waals surface area contributed by atoms with E-state index in [1.807, 2.05) is 0 Å². The Morgan fingerprint density at radius 1 is 1.18 bits per heavy atom. The highest BCUT2D eigenvalue weighted by Gasteiger charge is 2.54. The standard InChI is InChI=1S/C11H13FN2O2S/c12-7-1-3-8(4-2-7)17(15,16)14-11-9-5-13-6-10(9)11/h1-4,9-11,13-14H,5-6H2. The van der Waals surface area contributed by atoms with Crippen molar-refractivity contribution in [2.45, 2.75) is 10.9 Å². The summed E-state index contributed by atoms with van der Waals surface area (Å²) in [6.45, 7) is 1.75. The van der Waals surface area contributed by atoms with E-state index >= 15 is 0 Å². The average Bonchev–Trinajstić information content (AvgIpc) is 2.75. The van der Waals surface area contributed by atoms with Crippen LogP contribution in [0.3, 0.4) is 0 Å². The molecule has 2 unspecified atom stereocenters. The molecule has 2 aliphatic rings. The summed E-state index contributed by atoms with van der Waals surface area (Å²) in [7, 11) is -3.50. The van der Waals surface area contributed by atoms with Crippen molar-refractivity contribution in [1.82, 2.24) is 10.0 Å². The number of nitrogens with one attached hydrogen (secondary N) is 2. The van der Waals surface area contributed by atoms with Gasteiger partial charge in [-0.1, -0.05) is 0 Å². The second kappa shape index (κ2) is 3.76. The number of fused-ring (bicyclic) bond motifs is 1. The van der Waals surface area contributed by atoms with Crippen molar-refractivity contribution in [2.24, 2.45) is 11.8 Å². The summed E-state index contributed by atoms with van der Waals surface area (Å²) in [6.07, 6.45) is 0. The van der Waals surface area contributed by atoms with Gasteiger partial charge >= 0.3 is 0 Å². The Morgan fingerprint density at radius 2 is 1.76 bits per heavy atom. The van der Waals surface area contributed by atoms with Gasteiger partial charge in [0.1, 0.15) is 5.82 Å². The Kier molecular flexibility index (Phi) is 2.46. The van der Waals surface area contributed by atoms with Gasteiger partial charge in [-0.3, -0.25) is 0 Å². The molecule has 1 saturated heterocycles. The molecule has 1 saturated carbocycles. The first-order valence-corrected chi connectivity index (χ1v) is 7.05. The Bertz CT molecular complexity index is 519. The van der Waals surface area contributed by atoms with Gasteiger partial charge in [-0.2, -0.15) is 0 Å². The van der Waals surface area contributed by atoms with Crippen molar-refractivity contribution in [3.8, 4) is 0 Å². The second-order valence-corrected chi connectivity index (χ2v) is 6.30. The Labute approximate surface area is 99.3 Å². The maximum Gasteiger partial charge on any atom is 0.240 e. The van der Waals surface area contributed by atoms with Gasteiger partial charge in [0, 0.05) is 6.04 Å². The normalized spacial score (nSPS) is 31.2. The fourth-order valence-corrected chi connectivity index (χ4v) is 3.79. The third-order valence-electron chi connectivity index (χ3n) is 3.51. The molecule has 0 spiro atoms. The largest absolute Gasteiger partial charge is 0.316 e. The van der Waals surface area contributed by atoms with Crippen molar-refractivity contribution >= 4 is 10.0 Å². The van der Waals surface area contributed by atoms with Crippen LogP contribution in [-0.2, 0) is 10.0 Å². The van der Waals surface area contributed by atoms with Crippen LogP contribution in [0.2, 0.25) is 0 Å². The molecule has 0 bridgehead atoms. The van der Waals surface area contributed by atoms with Crippen LogP contribution in [0.15, 0.2) is 29.2 Å². The molecule has 3 rings (SSSR count). The molecule has 2 fully saturated rings. The maximum absolute atomic E-state index is 12.7. The number of piperidine rings is 1. The summed E-state index contributed by atoms with van der Waals surface area (Å²) in [4.78, 5) is 0.122. The van der Waals surface area contributed by atoms with E-state index in [-0.39, 0.29) is 10.9 Å². The van der Waals surface area contributed by atoms with E-state index in [0.717, 1.165) is 25.2 Å². The van der Waals surface area contributed by atoms with Crippen molar-refractivity contribution in [1.29, 1.82) is 0 Å². The van der Waals surface area contributed by atoms with Gasteiger partial charge in [-0.15, -0.1) is 0 Å². The second-order valence-electron chi connectivity index (χ2n) is 4.59. The molecule has 1 aromatic rings. The van der Waals surface area contributed by atoms with E-state index in [0.29, 0.717) is 11.8 Å². The summed E-state index contributed by atoms with van der Waals surface area (Å²) < 4.78 is 39.3. The third kappa shape index (κ3) is 1.96. The molecule has 0 radical (unpaired) electrons. The zero-order chi connectivity index (χ0) is 12.0. The fraction of sp³-hybridized carbons (Fsp3) is 0.455. The average molecular weight is 256 g/mol. The number of benzene rings is 1. The van der Waals surface area contributed by atoms with Crippen LogP contribution in [0.25, 0.3) is 0 Å². The monoisotopic (exact) mass is 256 g/mol. The van der Waals surface area contributed by atoms with Gasteiger partial charge in [0.25, 0.3) is 0 Å². The minimum absolute atomic E-state index is 0.0475. The lowest BCUT2D eigenvalue weighted by Crippen LogP contribution is -2.32. The molecular weight excluding hydrogens is 243 g/mol. The Morgan fingerprint density at radius 3 is 2.35 bits per heavy atom. The zero-order valence-corrected chi connectivity index (χ0v) is 9.87. The molecule has 2 atom stereocenters. The van der Waals surface area contributed by atoms with Crippen LogP contribution >= 0.6 is 0 Å². The van der Waals surface area contributed by atoms with E-state index in [2.05, 4.69) is 10.0 Å². The van der Waals surface area contributed by atoms with Crippen LogP contribution in [0, 0.1) is 17.7 Å². The Hall–Kier alpha value is -0.980. The molecule has 17 heavy (non-hydrogen) atoms. The van der Waals surface area contributed by atoms with Gasteiger partial charge in [0.15, 0.2) is 0 Å². The van der Waals surface area contributed by atoms with Crippen LogP contribution in [0.1, 0.15) is 0 Å². The van der Waals surface area contributed by atoms with Crippen molar-refractivity contribution in [2.75, 3.05) is 13.1 Å². The molecule has 0 amide bonds. The van der Waals surface area contributed by atoms with E-state index < -0.39 is 15.8 Å². The fourth-order valence-electron chi connectivity index (χ4n) is 2.45. The summed E-state index contributed by atoms with van der Waals surface area (Å²) in [5.74, 6) is 0.409. The first kappa shape index (κ1) is 11.1. The smallest absolute Gasteiger partial charge is 0.240 e. The lowest BCUT2D eigenvalue weighted by molar-refractivity contribution is 0.564. The number of hydrogen-bond acceptors (Lipinski definition) is 3. The lowest BCUT2D eigenvalue weighted by atomic mass is 10.4. The molecule has 2 N–H and O–H groups in total. The quantitative estimate of drug-likeness (QED) is 0.819. The number of halogens is 1. The third-order valence-corrected chi connectivity index (χ3v) is 4.98. The predicted molar refractivity (Wildman–Crippen MR) is 60.4 cm³/mol. The number of rotatable bonds is 3. The minimum atomic E-state index is -3.50. The SMILES string of the molecule is O=S(=O)(NC1C2CNCC21)c1ccc(F)cc1. The molecule has 1 aliphatic carbocycles. The number of hydrogen-bond donors (Lipinski definition) is 2. The first-order valence-electron chi connectivity index (χ1n) is 5.56. The minimum Gasteiger partial charge on any atom is -0.316 e. The molecule has 1 aromatic carbocycles. The highest BCUT2D eigenvalue weighted by molar-refractivity contribution is 7.89. The zero-order valence-electron chi connectivity index (χ0n) is 9.06. The molecule has 6 heteroatoms. The summed E-state index contributed by atoms with van der Waals surface area (Å²) in [5, 5.41) is 3.20. The van der Waals surface area contributed by atoms with Gasteiger partial charge in [-0.25, -0.2) is 17.5 Å². The van der Waals surface area contributed by atoms with Gasteiger partial charge in [0.2, 0.25) is 10.0 Å². The van der Waals surface area contributed by atoms with Crippen molar-refractivity contribution < 1.29 is 12.8 Å². The lowest BCUT2D eigenvalue weighted by Gasteiger charge is -2.08. The van der Waals surface area contributed by atoms with Crippen LogP contribution in [0.5, 0.6) is 0 Å². The molecule has 1 aliphatic heterocycles. The van der Waals surface area contributed by atoms with E-state index in [1.165, 1.54) is 12.1 Å². The summed E-state index contributed by atoms with van der Waals surface area (Å²) in [5.41, 5.74) is 0. The Balaban J connectivity index is 1.75. The number of sulfonamides is 1. The molecular formula is C11H13FN2O2S.